The van der Waals surface area contributed by atoms with Gasteiger partial charge >= 0.3 is 0 Å². The van der Waals surface area contributed by atoms with Crippen LogP contribution in [0.5, 0.6) is 5.75 Å². The molecule has 96 valence electrons. The number of hydrogen-bond donors (Lipinski definition) is 1. The predicted molar refractivity (Wildman–Crippen MR) is 73.6 cm³/mol. The van der Waals surface area contributed by atoms with Crippen molar-refractivity contribution < 1.29 is 9.47 Å². The highest BCUT2D eigenvalue weighted by Gasteiger charge is 2.03. The van der Waals surface area contributed by atoms with Crippen molar-refractivity contribution in [3.05, 3.63) is 28.7 Å². The Morgan fingerprint density at radius 3 is 2.94 bits per heavy atom. The highest BCUT2D eigenvalue weighted by molar-refractivity contribution is 9.10. The van der Waals surface area contributed by atoms with Crippen LogP contribution in [0.3, 0.4) is 0 Å². The maximum atomic E-state index is 5.78. The quantitative estimate of drug-likeness (QED) is 0.749. The van der Waals surface area contributed by atoms with E-state index in [9.17, 15) is 0 Å². The van der Waals surface area contributed by atoms with Gasteiger partial charge in [0.15, 0.2) is 0 Å². The third-order valence-corrected chi connectivity index (χ3v) is 2.76. The van der Waals surface area contributed by atoms with E-state index in [0.717, 1.165) is 36.3 Å². The van der Waals surface area contributed by atoms with Crippen LogP contribution in [0.4, 0.5) is 0 Å². The fourth-order valence-electron chi connectivity index (χ4n) is 1.46. The summed E-state index contributed by atoms with van der Waals surface area (Å²) in [5.41, 5.74) is 0. The molecule has 0 aliphatic carbocycles. The zero-order chi connectivity index (χ0) is 12.5. The van der Waals surface area contributed by atoms with E-state index in [1.165, 1.54) is 0 Å². The summed E-state index contributed by atoms with van der Waals surface area (Å²) in [5, 5.41) is 3.34. The molecule has 0 aliphatic heterocycles. The first-order valence-electron chi connectivity index (χ1n) is 5.84. The molecule has 1 aromatic rings. The van der Waals surface area contributed by atoms with E-state index in [4.69, 9.17) is 9.47 Å². The summed E-state index contributed by atoms with van der Waals surface area (Å²) < 4.78 is 11.8. The van der Waals surface area contributed by atoms with Crippen molar-refractivity contribution in [2.45, 2.75) is 19.4 Å². The molecule has 0 bridgehead atoms. The highest BCUT2D eigenvalue weighted by Crippen LogP contribution is 2.18. The molecule has 0 radical (unpaired) electrons. The molecule has 1 unspecified atom stereocenters. The second kappa shape index (κ2) is 8.50. The third kappa shape index (κ3) is 6.66. The molecule has 4 heteroatoms. The van der Waals surface area contributed by atoms with Crippen LogP contribution in [0, 0.1) is 0 Å². The van der Waals surface area contributed by atoms with E-state index < -0.39 is 0 Å². The van der Waals surface area contributed by atoms with E-state index in [1.807, 2.05) is 24.3 Å². The zero-order valence-electron chi connectivity index (χ0n) is 10.4. The van der Waals surface area contributed by atoms with Gasteiger partial charge in [0.05, 0.1) is 0 Å². The standard InChI is InChI=1S/C13H20BrNO2/c1-11(10-15-7-4-8-16-2)17-13-6-3-5-12(14)9-13/h3,5-6,9,11,15H,4,7-8,10H2,1-2H3. The zero-order valence-corrected chi connectivity index (χ0v) is 12.0. The Hall–Kier alpha value is -0.580. The topological polar surface area (TPSA) is 30.5 Å². The van der Waals surface area contributed by atoms with Gasteiger partial charge in [-0.05, 0) is 38.1 Å². The molecular weight excluding hydrogens is 282 g/mol. The van der Waals surface area contributed by atoms with Crippen molar-refractivity contribution in [1.29, 1.82) is 0 Å². The van der Waals surface area contributed by atoms with Crippen LogP contribution in [0.1, 0.15) is 13.3 Å². The Morgan fingerprint density at radius 2 is 2.24 bits per heavy atom. The minimum Gasteiger partial charge on any atom is -0.489 e. The van der Waals surface area contributed by atoms with Gasteiger partial charge in [0.2, 0.25) is 0 Å². The molecule has 1 N–H and O–H groups in total. The number of benzene rings is 1. The number of nitrogens with one attached hydrogen (secondary N) is 1. The second-order valence-electron chi connectivity index (χ2n) is 3.94. The van der Waals surface area contributed by atoms with Crippen molar-refractivity contribution in [2.75, 3.05) is 26.8 Å². The molecular formula is C13H20BrNO2. The second-order valence-corrected chi connectivity index (χ2v) is 4.85. The largest absolute Gasteiger partial charge is 0.489 e. The van der Waals surface area contributed by atoms with Crippen LogP contribution in [-0.2, 0) is 4.74 Å². The summed E-state index contributed by atoms with van der Waals surface area (Å²) in [5.74, 6) is 0.894. The molecule has 1 rings (SSSR count). The Kier molecular flexibility index (Phi) is 7.24. The van der Waals surface area contributed by atoms with Crippen LogP contribution >= 0.6 is 15.9 Å². The average molecular weight is 302 g/mol. The molecule has 0 heterocycles. The van der Waals surface area contributed by atoms with Crippen molar-refractivity contribution in [1.82, 2.24) is 5.32 Å². The van der Waals surface area contributed by atoms with Crippen molar-refractivity contribution in [3.8, 4) is 5.75 Å². The lowest BCUT2D eigenvalue weighted by atomic mass is 10.3. The number of halogens is 1. The minimum absolute atomic E-state index is 0.159. The fraction of sp³-hybridized carbons (Fsp3) is 0.538. The van der Waals surface area contributed by atoms with E-state index in [0.29, 0.717) is 0 Å². The Balaban J connectivity index is 2.18. The van der Waals surface area contributed by atoms with Crippen LogP contribution in [0.25, 0.3) is 0 Å². The highest BCUT2D eigenvalue weighted by atomic mass is 79.9. The van der Waals surface area contributed by atoms with Crippen LogP contribution in [0.2, 0.25) is 0 Å². The molecule has 0 aliphatic rings. The lowest BCUT2D eigenvalue weighted by molar-refractivity contribution is 0.188. The molecule has 1 aromatic carbocycles. The predicted octanol–water partition coefficient (Wildman–Crippen LogP) is 2.84. The van der Waals surface area contributed by atoms with Gasteiger partial charge in [0.25, 0.3) is 0 Å². The molecule has 17 heavy (non-hydrogen) atoms. The lowest BCUT2D eigenvalue weighted by Gasteiger charge is -2.15. The molecule has 0 amide bonds. The van der Waals surface area contributed by atoms with E-state index in [-0.39, 0.29) is 6.10 Å². The summed E-state index contributed by atoms with van der Waals surface area (Å²) in [6.07, 6.45) is 1.19. The fourth-order valence-corrected chi connectivity index (χ4v) is 1.84. The minimum atomic E-state index is 0.159. The summed E-state index contributed by atoms with van der Waals surface area (Å²) in [7, 11) is 1.72. The maximum absolute atomic E-state index is 5.78. The molecule has 0 aromatic heterocycles. The van der Waals surface area contributed by atoms with Crippen LogP contribution in [0.15, 0.2) is 28.7 Å². The average Bonchev–Trinajstić information content (AvgIpc) is 2.29. The van der Waals surface area contributed by atoms with Gasteiger partial charge in [0, 0.05) is 24.7 Å². The lowest BCUT2D eigenvalue weighted by Crippen LogP contribution is -2.30. The van der Waals surface area contributed by atoms with Crippen LogP contribution in [-0.4, -0.2) is 32.9 Å². The Morgan fingerprint density at radius 1 is 1.41 bits per heavy atom. The van der Waals surface area contributed by atoms with Crippen molar-refractivity contribution >= 4 is 15.9 Å². The number of rotatable bonds is 8. The SMILES string of the molecule is COCCCNCC(C)Oc1cccc(Br)c1. The first-order valence-corrected chi connectivity index (χ1v) is 6.63. The Bertz CT molecular complexity index is 320. The Labute approximate surface area is 112 Å². The first kappa shape index (κ1) is 14.5. The molecule has 0 saturated heterocycles. The van der Waals surface area contributed by atoms with E-state index >= 15 is 0 Å². The molecule has 0 fully saturated rings. The summed E-state index contributed by atoms with van der Waals surface area (Å²) in [6.45, 7) is 4.66. The monoisotopic (exact) mass is 301 g/mol. The normalized spacial score (nSPS) is 12.4. The van der Waals surface area contributed by atoms with Gasteiger partial charge in [-0.25, -0.2) is 0 Å². The summed E-state index contributed by atoms with van der Waals surface area (Å²) in [4.78, 5) is 0. The summed E-state index contributed by atoms with van der Waals surface area (Å²) >= 11 is 3.42. The number of ether oxygens (including phenoxy) is 2. The van der Waals surface area contributed by atoms with Gasteiger partial charge in [-0.15, -0.1) is 0 Å². The van der Waals surface area contributed by atoms with Gasteiger partial charge in [-0.1, -0.05) is 22.0 Å². The third-order valence-electron chi connectivity index (χ3n) is 2.27. The number of methoxy groups -OCH3 is 1. The summed E-state index contributed by atoms with van der Waals surface area (Å²) in [6, 6.07) is 7.90. The van der Waals surface area contributed by atoms with Crippen molar-refractivity contribution in [2.24, 2.45) is 0 Å². The van der Waals surface area contributed by atoms with Gasteiger partial charge in [-0.2, -0.15) is 0 Å². The molecule has 0 saturated carbocycles. The van der Waals surface area contributed by atoms with Gasteiger partial charge in [0.1, 0.15) is 11.9 Å². The maximum Gasteiger partial charge on any atom is 0.120 e. The van der Waals surface area contributed by atoms with Gasteiger partial charge in [-0.3, -0.25) is 0 Å². The van der Waals surface area contributed by atoms with E-state index in [1.54, 1.807) is 7.11 Å². The first-order chi connectivity index (χ1) is 8.22. The van der Waals surface area contributed by atoms with E-state index in [2.05, 4.69) is 28.2 Å². The van der Waals surface area contributed by atoms with Crippen LogP contribution < -0.4 is 10.1 Å². The molecule has 0 spiro atoms. The van der Waals surface area contributed by atoms with Gasteiger partial charge < -0.3 is 14.8 Å². The number of hydrogen-bond acceptors (Lipinski definition) is 3. The van der Waals surface area contributed by atoms with Crippen molar-refractivity contribution in [3.63, 3.8) is 0 Å². The smallest absolute Gasteiger partial charge is 0.120 e. The molecule has 1 atom stereocenters. The molecule has 3 nitrogen and oxygen atoms in total.